The Hall–Kier alpha value is -3.47. The maximum Gasteiger partial charge on any atom is 0.338 e. The minimum atomic E-state index is -0.301. The van der Waals surface area contributed by atoms with E-state index in [1.54, 1.807) is 12.1 Å². The molecule has 0 spiro atoms. The lowest BCUT2D eigenvalue weighted by atomic mass is 9.87. The molecule has 4 aromatic carbocycles. The van der Waals surface area contributed by atoms with Crippen molar-refractivity contribution in [3.63, 3.8) is 0 Å². The molecule has 0 radical (unpaired) electrons. The molecule has 1 N–H and O–H groups in total. The van der Waals surface area contributed by atoms with Crippen LogP contribution in [0.15, 0.2) is 97.1 Å². The quantitative estimate of drug-likeness (QED) is 0.358. The molecule has 5 rings (SSSR count). The van der Waals surface area contributed by atoms with Gasteiger partial charge in [0.25, 0.3) is 0 Å². The number of piperidine rings is 1. The second-order valence-corrected chi connectivity index (χ2v) is 8.81. The maximum atomic E-state index is 12.2. The Kier molecular flexibility index (Phi) is 6.99. The smallest absolute Gasteiger partial charge is 0.338 e. The number of hydrogen-bond donors (Lipinski definition) is 1. The Morgan fingerprint density at radius 2 is 1.53 bits per heavy atom. The lowest BCUT2D eigenvalue weighted by molar-refractivity contribution is 0.0106. The van der Waals surface area contributed by atoms with Crippen LogP contribution in [-0.4, -0.2) is 25.2 Å². The van der Waals surface area contributed by atoms with Crippen molar-refractivity contribution in [2.75, 3.05) is 13.1 Å². The molecule has 0 saturated carbocycles. The van der Waals surface area contributed by atoms with Crippen molar-refractivity contribution in [3.05, 3.63) is 119 Å². The molecule has 0 aromatic heterocycles. The maximum absolute atomic E-state index is 12.2. The predicted molar refractivity (Wildman–Crippen MR) is 135 cm³/mol. The first kappa shape index (κ1) is 22.3. The van der Waals surface area contributed by atoms with E-state index in [0.29, 0.717) is 18.1 Å². The van der Waals surface area contributed by atoms with Crippen molar-refractivity contribution >= 4 is 16.7 Å². The fourth-order valence-electron chi connectivity index (χ4n) is 4.59. The Balaban J connectivity index is 1.20. The second-order valence-electron chi connectivity index (χ2n) is 8.81. The zero-order chi connectivity index (χ0) is 23.2. The zero-order valence-corrected chi connectivity index (χ0v) is 19.2. The van der Waals surface area contributed by atoms with Gasteiger partial charge in [0.2, 0.25) is 0 Å². The largest absolute Gasteiger partial charge is 0.457 e. The van der Waals surface area contributed by atoms with Gasteiger partial charge in [-0.25, -0.2) is 4.79 Å². The highest BCUT2D eigenvalue weighted by Gasteiger charge is 2.27. The molecule has 1 aliphatic rings. The van der Waals surface area contributed by atoms with Crippen LogP contribution in [0.1, 0.15) is 39.4 Å². The van der Waals surface area contributed by atoms with Gasteiger partial charge in [0.15, 0.2) is 0 Å². The number of benzene rings is 4. The first-order valence-corrected chi connectivity index (χ1v) is 11.9. The van der Waals surface area contributed by atoms with Crippen LogP contribution in [0.5, 0.6) is 0 Å². The zero-order valence-electron chi connectivity index (χ0n) is 19.2. The van der Waals surface area contributed by atoms with Crippen molar-refractivity contribution in [1.82, 2.24) is 5.32 Å². The molecule has 0 unspecified atom stereocenters. The van der Waals surface area contributed by atoms with E-state index in [9.17, 15) is 4.79 Å². The van der Waals surface area contributed by atoms with E-state index in [1.807, 2.05) is 18.2 Å². The van der Waals surface area contributed by atoms with Gasteiger partial charge in [0.1, 0.15) is 6.61 Å². The minimum Gasteiger partial charge on any atom is -0.457 e. The number of carbonyl (C=O) groups excluding carboxylic acids is 1. The van der Waals surface area contributed by atoms with Crippen molar-refractivity contribution < 1.29 is 14.3 Å². The topological polar surface area (TPSA) is 47.6 Å². The van der Waals surface area contributed by atoms with Crippen LogP contribution >= 0.6 is 0 Å². The molecule has 1 heterocycles. The van der Waals surface area contributed by atoms with Crippen LogP contribution in [0.2, 0.25) is 0 Å². The minimum absolute atomic E-state index is 0.113. The van der Waals surface area contributed by atoms with Gasteiger partial charge in [0, 0.05) is 12.5 Å². The van der Waals surface area contributed by atoms with Gasteiger partial charge >= 0.3 is 5.97 Å². The highest BCUT2D eigenvalue weighted by Crippen LogP contribution is 2.29. The highest BCUT2D eigenvalue weighted by atomic mass is 16.5. The third-order valence-electron chi connectivity index (χ3n) is 6.49. The molecule has 0 aliphatic carbocycles. The highest BCUT2D eigenvalue weighted by molar-refractivity contribution is 5.89. The van der Waals surface area contributed by atoms with Crippen LogP contribution < -0.4 is 5.32 Å². The van der Waals surface area contributed by atoms with E-state index < -0.39 is 0 Å². The Bertz CT molecular complexity index is 1240. The van der Waals surface area contributed by atoms with Crippen LogP contribution in [0.3, 0.4) is 0 Å². The number of carbonyl (C=O) groups is 1. The SMILES string of the molecule is O=C(OCc1ccc([C@@H]2CCNC[C@H]2OCc2ccc3ccccc3c2)cc1)c1ccccc1. The van der Waals surface area contributed by atoms with Crippen molar-refractivity contribution in [3.8, 4) is 0 Å². The predicted octanol–water partition coefficient (Wildman–Crippen LogP) is 5.86. The van der Waals surface area contributed by atoms with E-state index in [0.717, 1.165) is 25.1 Å². The molecule has 4 nitrogen and oxygen atoms in total. The van der Waals surface area contributed by atoms with E-state index in [2.05, 4.69) is 72.0 Å². The first-order chi connectivity index (χ1) is 16.8. The van der Waals surface area contributed by atoms with Gasteiger partial charge < -0.3 is 14.8 Å². The summed E-state index contributed by atoms with van der Waals surface area (Å²) in [6, 6.07) is 32.4. The fraction of sp³-hybridized carbons (Fsp3) is 0.233. The lowest BCUT2D eigenvalue weighted by Crippen LogP contribution is -2.40. The normalized spacial score (nSPS) is 18.0. The van der Waals surface area contributed by atoms with Crippen LogP contribution in [0, 0.1) is 0 Å². The van der Waals surface area contributed by atoms with Crippen molar-refractivity contribution in [1.29, 1.82) is 0 Å². The molecule has 1 aliphatic heterocycles. The molecule has 0 amide bonds. The molecule has 1 saturated heterocycles. The van der Waals surface area contributed by atoms with Gasteiger partial charge in [0.05, 0.1) is 18.3 Å². The molecule has 172 valence electrons. The number of fused-ring (bicyclic) bond motifs is 1. The Labute approximate surface area is 200 Å². The molecule has 4 aromatic rings. The summed E-state index contributed by atoms with van der Waals surface area (Å²) in [5.74, 6) is 0.0350. The molecule has 2 atom stereocenters. The van der Waals surface area contributed by atoms with Gasteiger partial charge in [-0.1, -0.05) is 78.9 Å². The standard InChI is InChI=1S/C30H29NO3/c32-30(26-7-2-1-3-8-26)34-20-22-10-14-25(15-11-22)28-16-17-31-19-29(28)33-21-23-12-13-24-6-4-5-9-27(24)18-23/h1-15,18,28-29,31H,16-17,19-21H2/t28-,29+/m0/s1. The van der Waals surface area contributed by atoms with Gasteiger partial charge in [-0.2, -0.15) is 0 Å². The number of esters is 1. The molecule has 1 fully saturated rings. The summed E-state index contributed by atoms with van der Waals surface area (Å²) in [5, 5.41) is 5.97. The summed E-state index contributed by atoms with van der Waals surface area (Å²) in [4.78, 5) is 12.2. The molecular formula is C30H29NO3. The average molecular weight is 452 g/mol. The summed E-state index contributed by atoms with van der Waals surface area (Å²) in [5.41, 5.74) is 4.01. The van der Waals surface area contributed by atoms with Crippen LogP contribution in [0.4, 0.5) is 0 Å². The summed E-state index contributed by atoms with van der Waals surface area (Å²) in [6.45, 7) is 2.69. The molecule has 0 bridgehead atoms. The van der Waals surface area contributed by atoms with E-state index in [1.165, 1.54) is 21.9 Å². The van der Waals surface area contributed by atoms with E-state index in [-0.39, 0.29) is 18.7 Å². The number of rotatable bonds is 7. The Morgan fingerprint density at radius 3 is 2.35 bits per heavy atom. The van der Waals surface area contributed by atoms with Gasteiger partial charge in [-0.3, -0.25) is 0 Å². The van der Waals surface area contributed by atoms with E-state index in [4.69, 9.17) is 9.47 Å². The molecular weight excluding hydrogens is 422 g/mol. The van der Waals surface area contributed by atoms with Gasteiger partial charge in [-0.15, -0.1) is 0 Å². The summed E-state index contributed by atoms with van der Waals surface area (Å²) < 4.78 is 11.9. The third kappa shape index (κ3) is 5.36. The number of ether oxygens (including phenoxy) is 2. The fourth-order valence-corrected chi connectivity index (χ4v) is 4.59. The second kappa shape index (κ2) is 10.6. The first-order valence-electron chi connectivity index (χ1n) is 11.9. The summed E-state index contributed by atoms with van der Waals surface area (Å²) >= 11 is 0. The summed E-state index contributed by atoms with van der Waals surface area (Å²) in [7, 11) is 0. The monoisotopic (exact) mass is 451 g/mol. The van der Waals surface area contributed by atoms with Crippen molar-refractivity contribution in [2.24, 2.45) is 0 Å². The summed E-state index contributed by atoms with van der Waals surface area (Å²) in [6.07, 6.45) is 1.15. The molecule has 34 heavy (non-hydrogen) atoms. The molecule has 4 heteroatoms. The van der Waals surface area contributed by atoms with Crippen molar-refractivity contribution in [2.45, 2.75) is 31.7 Å². The lowest BCUT2D eigenvalue weighted by Gasteiger charge is -2.32. The van der Waals surface area contributed by atoms with Crippen LogP contribution in [-0.2, 0) is 22.7 Å². The number of hydrogen-bond acceptors (Lipinski definition) is 4. The Morgan fingerprint density at radius 1 is 0.794 bits per heavy atom. The average Bonchev–Trinajstić information content (AvgIpc) is 2.91. The number of nitrogens with one attached hydrogen (secondary N) is 1. The van der Waals surface area contributed by atoms with Crippen LogP contribution in [0.25, 0.3) is 10.8 Å². The van der Waals surface area contributed by atoms with E-state index >= 15 is 0 Å². The van der Waals surface area contributed by atoms with Gasteiger partial charge in [-0.05, 0) is 58.6 Å². The third-order valence-corrected chi connectivity index (χ3v) is 6.49.